The van der Waals surface area contributed by atoms with Crippen molar-refractivity contribution >= 4 is 0 Å². The minimum atomic E-state index is -0.0788. The molecule has 2 saturated carbocycles. The summed E-state index contributed by atoms with van der Waals surface area (Å²) in [7, 11) is 0. The van der Waals surface area contributed by atoms with Crippen molar-refractivity contribution in [1.29, 1.82) is 0 Å². The lowest BCUT2D eigenvalue weighted by Crippen LogP contribution is -2.25. The van der Waals surface area contributed by atoms with Crippen LogP contribution in [0.3, 0.4) is 0 Å². The molecule has 172 valence electrons. The SMILES string of the molecule is CCCCCC[C@H]1CC[C@H]([C@H]2CC[C@H](C#Cc3ccc(CCCC)c(F)c3)CC2)CC1. The molecule has 1 aromatic rings. The largest absolute Gasteiger partial charge is 0.207 e. The van der Waals surface area contributed by atoms with Crippen LogP contribution in [0.1, 0.15) is 121 Å². The van der Waals surface area contributed by atoms with Gasteiger partial charge in [-0.05, 0) is 86.8 Å². The maximum atomic E-state index is 14.3. The Morgan fingerprint density at radius 1 is 0.806 bits per heavy atom. The van der Waals surface area contributed by atoms with Crippen molar-refractivity contribution in [2.75, 3.05) is 0 Å². The zero-order valence-corrected chi connectivity index (χ0v) is 20.2. The van der Waals surface area contributed by atoms with Gasteiger partial charge in [0.1, 0.15) is 5.82 Å². The van der Waals surface area contributed by atoms with Crippen molar-refractivity contribution < 1.29 is 4.39 Å². The monoisotopic (exact) mass is 424 g/mol. The fourth-order valence-corrected chi connectivity index (χ4v) is 5.92. The molecule has 31 heavy (non-hydrogen) atoms. The molecule has 0 unspecified atom stereocenters. The highest BCUT2D eigenvalue weighted by Gasteiger charge is 2.30. The molecule has 1 aromatic carbocycles. The summed E-state index contributed by atoms with van der Waals surface area (Å²) < 4.78 is 14.3. The first-order valence-corrected chi connectivity index (χ1v) is 13.5. The third kappa shape index (κ3) is 7.97. The van der Waals surface area contributed by atoms with Gasteiger partial charge in [-0.25, -0.2) is 4.39 Å². The lowest BCUT2D eigenvalue weighted by molar-refractivity contribution is 0.153. The Hall–Kier alpha value is -1.29. The highest BCUT2D eigenvalue weighted by atomic mass is 19.1. The Labute approximate surface area is 191 Å². The van der Waals surface area contributed by atoms with Gasteiger partial charge in [0, 0.05) is 11.5 Å². The summed E-state index contributed by atoms with van der Waals surface area (Å²) in [6.45, 7) is 4.45. The molecule has 1 heteroatoms. The third-order valence-electron chi connectivity index (χ3n) is 8.07. The first kappa shape index (κ1) is 24.4. The van der Waals surface area contributed by atoms with Gasteiger partial charge in [-0.1, -0.05) is 83.1 Å². The van der Waals surface area contributed by atoms with E-state index in [1.165, 1.54) is 83.5 Å². The van der Waals surface area contributed by atoms with Crippen LogP contribution in [-0.4, -0.2) is 0 Å². The fraction of sp³-hybridized carbons (Fsp3) is 0.733. The van der Waals surface area contributed by atoms with Crippen LogP contribution in [0.25, 0.3) is 0 Å². The maximum Gasteiger partial charge on any atom is 0.127 e. The number of aryl methyl sites for hydroxylation is 1. The van der Waals surface area contributed by atoms with E-state index in [4.69, 9.17) is 0 Å². The van der Waals surface area contributed by atoms with Gasteiger partial charge in [0.15, 0.2) is 0 Å². The van der Waals surface area contributed by atoms with Crippen molar-refractivity contribution in [2.45, 2.75) is 117 Å². The van der Waals surface area contributed by atoms with E-state index in [0.29, 0.717) is 5.92 Å². The predicted molar refractivity (Wildman–Crippen MR) is 132 cm³/mol. The van der Waals surface area contributed by atoms with Gasteiger partial charge in [-0.2, -0.15) is 0 Å². The van der Waals surface area contributed by atoms with Crippen molar-refractivity contribution in [1.82, 2.24) is 0 Å². The molecule has 0 saturated heterocycles. The number of hydrogen-bond acceptors (Lipinski definition) is 0. The maximum absolute atomic E-state index is 14.3. The third-order valence-corrected chi connectivity index (χ3v) is 8.07. The summed E-state index contributed by atoms with van der Waals surface area (Å²) in [4.78, 5) is 0. The second kappa shape index (κ2) is 13.3. The Bertz CT molecular complexity index is 693. The molecule has 3 rings (SSSR count). The fourth-order valence-electron chi connectivity index (χ4n) is 5.92. The molecule has 2 fully saturated rings. The van der Waals surface area contributed by atoms with Gasteiger partial charge in [-0.3, -0.25) is 0 Å². The summed E-state index contributed by atoms with van der Waals surface area (Å²) in [5, 5.41) is 0. The number of rotatable bonds is 9. The van der Waals surface area contributed by atoms with Gasteiger partial charge < -0.3 is 0 Å². The number of halogens is 1. The minimum Gasteiger partial charge on any atom is -0.207 e. The zero-order chi connectivity index (χ0) is 21.9. The summed E-state index contributed by atoms with van der Waals surface area (Å²) in [5.41, 5.74) is 1.68. The van der Waals surface area contributed by atoms with Crippen LogP contribution >= 0.6 is 0 Å². The number of unbranched alkanes of at least 4 members (excludes halogenated alkanes) is 4. The van der Waals surface area contributed by atoms with Gasteiger partial charge in [0.05, 0.1) is 0 Å². The summed E-state index contributed by atoms with van der Waals surface area (Å²) >= 11 is 0. The normalized spacial score (nSPS) is 26.3. The van der Waals surface area contributed by atoms with Crippen molar-refractivity contribution in [3.8, 4) is 11.8 Å². The molecule has 0 N–H and O–H groups in total. The van der Waals surface area contributed by atoms with Gasteiger partial charge in [-0.15, -0.1) is 0 Å². The Balaban J connectivity index is 1.38. The van der Waals surface area contributed by atoms with Crippen molar-refractivity contribution in [3.05, 3.63) is 35.1 Å². The molecule has 0 aliphatic heterocycles. The second-order valence-corrected chi connectivity index (χ2v) is 10.4. The van der Waals surface area contributed by atoms with Crippen molar-refractivity contribution in [3.63, 3.8) is 0 Å². The molecule has 0 nitrogen and oxygen atoms in total. The van der Waals surface area contributed by atoms with E-state index in [0.717, 1.165) is 48.1 Å². The smallest absolute Gasteiger partial charge is 0.127 e. The van der Waals surface area contributed by atoms with Crippen LogP contribution in [0.4, 0.5) is 4.39 Å². The zero-order valence-electron chi connectivity index (χ0n) is 20.2. The summed E-state index contributed by atoms with van der Waals surface area (Å²) in [5.74, 6) is 10.1. The highest BCUT2D eigenvalue weighted by molar-refractivity contribution is 5.37. The Morgan fingerprint density at radius 3 is 2.13 bits per heavy atom. The van der Waals surface area contributed by atoms with E-state index in [1.54, 1.807) is 6.07 Å². The molecular weight excluding hydrogens is 379 g/mol. The average molecular weight is 425 g/mol. The average Bonchev–Trinajstić information content (AvgIpc) is 2.81. The topological polar surface area (TPSA) is 0 Å². The molecule has 0 aromatic heterocycles. The van der Waals surface area contributed by atoms with Crippen LogP contribution < -0.4 is 0 Å². The first-order chi connectivity index (χ1) is 15.2. The van der Waals surface area contributed by atoms with E-state index in [2.05, 4.69) is 25.7 Å². The Morgan fingerprint density at radius 2 is 1.48 bits per heavy atom. The van der Waals surface area contributed by atoms with Crippen LogP contribution in [0, 0.1) is 41.3 Å². The quantitative estimate of drug-likeness (QED) is 0.274. The molecule has 0 bridgehead atoms. The van der Waals surface area contributed by atoms with Gasteiger partial charge in [0.2, 0.25) is 0 Å². The molecule has 0 heterocycles. The second-order valence-electron chi connectivity index (χ2n) is 10.4. The number of hydrogen-bond donors (Lipinski definition) is 0. The van der Waals surface area contributed by atoms with Crippen LogP contribution in [0.15, 0.2) is 18.2 Å². The van der Waals surface area contributed by atoms with E-state index in [1.807, 2.05) is 12.1 Å². The molecule has 0 atom stereocenters. The molecule has 2 aliphatic carbocycles. The van der Waals surface area contributed by atoms with E-state index in [-0.39, 0.29) is 5.82 Å². The van der Waals surface area contributed by atoms with Crippen molar-refractivity contribution in [2.24, 2.45) is 23.7 Å². The standard InChI is InChI=1S/C30H45F/c1-3-5-7-8-9-24-13-18-27(19-14-24)28-20-15-25(16-21-28)11-12-26-17-22-29(10-6-4-2)30(31)23-26/h17,22-25,27-28H,3-10,13-16,18-21H2,1-2H3/t24-,25-,27-,28-. The van der Waals surface area contributed by atoms with E-state index in [9.17, 15) is 4.39 Å². The first-order valence-electron chi connectivity index (χ1n) is 13.5. The van der Waals surface area contributed by atoms with E-state index >= 15 is 0 Å². The summed E-state index contributed by atoms with van der Waals surface area (Å²) in [6.07, 6.45) is 21.2. The molecule has 0 amide bonds. The van der Waals surface area contributed by atoms with Crippen LogP contribution in [-0.2, 0) is 6.42 Å². The summed E-state index contributed by atoms with van der Waals surface area (Å²) in [6, 6.07) is 5.59. The van der Waals surface area contributed by atoms with Gasteiger partial charge >= 0.3 is 0 Å². The van der Waals surface area contributed by atoms with E-state index < -0.39 is 0 Å². The number of benzene rings is 1. The predicted octanol–water partition coefficient (Wildman–Crippen LogP) is 9.10. The van der Waals surface area contributed by atoms with Crippen LogP contribution in [0.2, 0.25) is 0 Å². The lowest BCUT2D eigenvalue weighted by Gasteiger charge is -2.37. The molecule has 0 radical (unpaired) electrons. The minimum absolute atomic E-state index is 0.0788. The Kier molecular flexibility index (Phi) is 10.5. The molecule has 2 aliphatic rings. The van der Waals surface area contributed by atoms with Gasteiger partial charge in [0.25, 0.3) is 0 Å². The van der Waals surface area contributed by atoms with Crippen LogP contribution in [0.5, 0.6) is 0 Å². The molecular formula is C30H45F. The highest BCUT2D eigenvalue weighted by Crippen LogP contribution is 2.42. The molecule has 0 spiro atoms. The lowest BCUT2D eigenvalue weighted by atomic mass is 9.69.